The lowest BCUT2D eigenvalue weighted by molar-refractivity contribution is 0.0996. The molecule has 2 aromatic carbocycles. The van der Waals surface area contributed by atoms with Crippen LogP contribution >= 0.6 is 0 Å². The van der Waals surface area contributed by atoms with Gasteiger partial charge in [-0.25, -0.2) is 4.68 Å². The fourth-order valence-corrected chi connectivity index (χ4v) is 1.93. The van der Waals surface area contributed by atoms with Gasteiger partial charge in [0.25, 0.3) is 5.91 Å². The van der Waals surface area contributed by atoms with Gasteiger partial charge in [0.2, 0.25) is 0 Å². The molecule has 0 aliphatic heterocycles. The summed E-state index contributed by atoms with van der Waals surface area (Å²) in [6, 6.07) is 18.6. The zero-order chi connectivity index (χ0) is 15.4. The first kappa shape index (κ1) is 13.7. The van der Waals surface area contributed by atoms with E-state index in [2.05, 4.69) is 15.3 Å². The van der Waals surface area contributed by atoms with Crippen LogP contribution < -0.4 is 5.73 Å². The number of carbonyl (C=O) groups excluding carboxylic acids is 1. The minimum atomic E-state index is -0.642. The maximum absolute atomic E-state index is 11.5. The average molecular weight is 291 g/mol. The van der Waals surface area contributed by atoms with E-state index < -0.39 is 5.91 Å². The molecule has 6 nitrogen and oxygen atoms in total. The third kappa shape index (κ3) is 2.90. The number of para-hydroxylation sites is 1. The predicted molar refractivity (Wildman–Crippen MR) is 82.7 cm³/mol. The van der Waals surface area contributed by atoms with Gasteiger partial charge in [0.15, 0.2) is 5.69 Å². The summed E-state index contributed by atoms with van der Waals surface area (Å²) in [5.41, 5.74) is 7.28. The maximum Gasteiger partial charge on any atom is 0.271 e. The van der Waals surface area contributed by atoms with Crippen molar-refractivity contribution in [3.8, 4) is 5.69 Å². The van der Waals surface area contributed by atoms with Crippen LogP contribution in [0, 0.1) is 0 Å². The Kier molecular flexibility index (Phi) is 3.74. The summed E-state index contributed by atoms with van der Waals surface area (Å²) in [7, 11) is 0. The van der Waals surface area contributed by atoms with E-state index in [4.69, 9.17) is 5.73 Å². The van der Waals surface area contributed by atoms with Crippen LogP contribution in [0.1, 0.15) is 10.5 Å². The van der Waals surface area contributed by atoms with Crippen LogP contribution in [0.15, 0.2) is 77.1 Å². The molecule has 0 saturated heterocycles. The number of aromatic nitrogens is 2. The predicted octanol–water partition coefficient (Wildman–Crippen LogP) is 3.39. The molecule has 0 aliphatic rings. The fraction of sp³-hybridized carbons (Fsp3) is 0. The standard InChI is InChI=1S/C16H13N5O/c17-16(22)15-14(19-18-12-7-3-1-4-8-12)11-21(20-15)13-9-5-2-6-10-13/h1-11H,(H2,17,22). The van der Waals surface area contributed by atoms with E-state index in [0.717, 1.165) is 5.69 Å². The molecule has 3 aromatic rings. The normalized spacial score (nSPS) is 10.9. The Bertz CT molecular complexity index is 809. The quantitative estimate of drug-likeness (QED) is 0.747. The summed E-state index contributed by atoms with van der Waals surface area (Å²) in [4.78, 5) is 11.5. The molecule has 1 heterocycles. The lowest BCUT2D eigenvalue weighted by atomic mass is 10.3. The van der Waals surface area contributed by atoms with Crippen LogP contribution in [0.5, 0.6) is 0 Å². The Balaban J connectivity index is 1.98. The van der Waals surface area contributed by atoms with Crippen molar-refractivity contribution in [3.63, 3.8) is 0 Å². The SMILES string of the molecule is NC(=O)c1nn(-c2ccccc2)cc1N=Nc1ccccc1. The smallest absolute Gasteiger partial charge is 0.271 e. The summed E-state index contributed by atoms with van der Waals surface area (Å²) >= 11 is 0. The van der Waals surface area contributed by atoms with Gasteiger partial charge in [-0.2, -0.15) is 10.2 Å². The molecular formula is C16H13N5O. The van der Waals surface area contributed by atoms with Crippen LogP contribution in [0.4, 0.5) is 11.4 Å². The number of rotatable bonds is 4. The number of amides is 1. The zero-order valence-corrected chi connectivity index (χ0v) is 11.6. The van der Waals surface area contributed by atoms with E-state index in [1.54, 1.807) is 10.9 Å². The van der Waals surface area contributed by atoms with Crippen LogP contribution in [-0.2, 0) is 0 Å². The van der Waals surface area contributed by atoms with Gasteiger partial charge in [-0.05, 0) is 24.3 Å². The van der Waals surface area contributed by atoms with E-state index in [9.17, 15) is 4.79 Å². The van der Waals surface area contributed by atoms with E-state index >= 15 is 0 Å². The van der Waals surface area contributed by atoms with Gasteiger partial charge in [0.1, 0.15) is 5.69 Å². The van der Waals surface area contributed by atoms with Crippen molar-refractivity contribution in [2.75, 3.05) is 0 Å². The lowest BCUT2D eigenvalue weighted by Crippen LogP contribution is -2.12. The van der Waals surface area contributed by atoms with Gasteiger partial charge in [-0.15, -0.1) is 5.11 Å². The van der Waals surface area contributed by atoms with Crippen molar-refractivity contribution in [2.24, 2.45) is 16.0 Å². The van der Waals surface area contributed by atoms with Gasteiger partial charge in [-0.3, -0.25) is 4.79 Å². The van der Waals surface area contributed by atoms with E-state index in [-0.39, 0.29) is 5.69 Å². The lowest BCUT2D eigenvalue weighted by Gasteiger charge is -1.98. The summed E-state index contributed by atoms with van der Waals surface area (Å²) in [6.07, 6.45) is 1.63. The topological polar surface area (TPSA) is 85.6 Å². The second kappa shape index (κ2) is 6.01. The molecule has 0 fully saturated rings. The first-order valence-electron chi connectivity index (χ1n) is 6.66. The van der Waals surface area contributed by atoms with Crippen molar-refractivity contribution in [2.45, 2.75) is 0 Å². The number of carbonyl (C=O) groups is 1. The Morgan fingerprint density at radius 1 is 0.955 bits per heavy atom. The van der Waals surface area contributed by atoms with Gasteiger partial charge in [-0.1, -0.05) is 36.4 Å². The molecule has 1 aromatic heterocycles. The van der Waals surface area contributed by atoms with E-state index in [0.29, 0.717) is 11.4 Å². The molecule has 6 heteroatoms. The number of azo groups is 1. The number of hydrogen-bond acceptors (Lipinski definition) is 4. The van der Waals surface area contributed by atoms with Crippen LogP contribution in [-0.4, -0.2) is 15.7 Å². The van der Waals surface area contributed by atoms with Crippen molar-refractivity contribution in [1.82, 2.24) is 9.78 Å². The van der Waals surface area contributed by atoms with Crippen LogP contribution in [0.3, 0.4) is 0 Å². The number of nitrogens with two attached hydrogens (primary N) is 1. The Labute approximate surface area is 126 Å². The van der Waals surface area contributed by atoms with Gasteiger partial charge in [0.05, 0.1) is 17.6 Å². The Hall–Kier alpha value is -3.28. The van der Waals surface area contributed by atoms with Crippen LogP contribution in [0.2, 0.25) is 0 Å². The number of nitrogens with zero attached hydrogens (tertiary/aromatic N) is 4. The molecule has 3 rings (SSSR count). The second-order valence-corrected chi connectivity index (χ2v) is 4.54. The van der Waals surface area contributed by atoms with Crippen molar-refractivity contribution in [3.05, 3.63) is 72.6 Å². The van der Waals surface area contributed by atoms with E-state index in [1.807, 2.05) is 60.7 Å². The molecule has 0 bridgehead atoms. The largest absolute Gasteiger partial charge is 0.364 e. The summed E-state index contributed by atoms with van der Waals surface area (Å²) in [5.74, 6) is -0.642. The summed E-state index contributed by atoms with van der Waals surface area (Å²) in [5, 5.41) is 12.4. The minimum Gasteiger partial charge on any atom is -0.364 e. The average Bonchev–Trinajstić information content (AvgIpc) is 2.99. The third-order valence-corrected chi connectivity index (χ3v) is 2.98. The molecule has 0 aliphatic carbocycles. The Morgan fingerprint density at radius 3 is 2.23 bits per heavy atom. The maximum atomic E-state index is 11.5. The molecule has 0 spiro atoms. The van der Waals surface area contributed by atoms with Crippen LogP contribution in [0.25, 0.3) is 5.69 Å². The first-order valence-corrected chi connectivity index (χ1v) is 6.66. The van der Waals surface area contributed by atoms with Gasteiger partial charge < -0.3 is 5.73 Å². The molecule has 0 saturated carbocycles. The van der Waals surface area contributed by atoms with Crippen molar-refractivity contribution in [1.29, 1.82) is 0 Å². The number of hydrogen-bond donors (Lipinski definition) is 1. The highest BCUT2D eigenvalue weighted by Crippen LogP contribution is 2.23. The molecule has 0 radical (unpaired) electrons. The third-order valence-electron chi connectivity index (χ3n) is 2.98. The molecule has 2 N–H and O–H groups in total. The highest BCUT2D eigenvalue weighted by molar-refractivity contribution is 5.95. The molecule has 108 valence electrons. The molecule has 0 unspecified atom stereocenters. The molecular weight excluding hydrogens is 278 g/mol. The van der Waals surface area contributed by atoms with E-state index in [1.165, 1.54) is 0 Å². The fourth-order valence-electron chi connectivity index (χ4n) is 1.93. The molecule has 22 heavy (non-hydrogen) atoms. The van der Waals surface area contributed by atoms with Gasteiger partial charge in [0, 0.05) is 0 Å². The molecule has 0 atom stereocenters. The van der Waals surface area contributed by atoms with Crippen molar-refractivity contribution >= 4 is 17.3 Å². The number of primary amides is 1. The first-order chi connectivity index (χ1) is 10.7. The summed E-state index contributed by atoms with van der Waals surface area (Å²) in [6.45, 7) is 0. The van der Waals surface area contributed by atoms with Gasteiger partial charge >= 0.3 is 0 Å². The second-order valence-electron chi connectivity index (χ2n) is 4.54. The zero-order valence-electron chi connectivity index (χ0n) is 11.6. The Morgan fingerprint density at radius 2 is 1.59 bits per heavy atom. The van der Waals surface area contributed by atoms with Crippen molar-refractivity contribution < 1.29 is 4.79 Å². The monoisotopic (exact) mass is 291 g/mol. The molecule has 1 amide bonds. The highest BCUT2D eigenvalue weighted by Gasteiger charge is 2.14. The number of benzene rings is 2. The minimum absolute atomic E-state index is 0.0866. The summed E-state index contributed by atoms with van der Waals surface area (Å²) < 4.78 is 1.56. The highest BCUT2D eigenvalue weighted by atomic mass is 16.1.